The summed E-state index contributed by atoms with van der Waals surface area (Å²) < 4.78 is 5.57. The molecule has 0 fully saturated rings. The van der Waals surface area contributed by atoms with Crippen molar-refractivity contribution in [2.75, 3.05) is 5.32 Å². The number of nitrogens with one attached hydrogen (secondary N) is 1. The summed E-state index contributed by atoms with van der Waals surface area (Å²) in [5, 5.41) is 11.8. The number of furan rings is 1. The number of hydrogen-bond acceptors (Lipinski definition) is 3. The second-order valence-electron chi connectivity index (χ2n) is 8.04. The van der Waals surface area contributed by atoms with Crippen molar-refractivity contribution < 1.29 is 19.1 Å². The van der Waals surface area contributed by atoms with Gasteiger partial charge in [0.25, 0.3) is 5.91 Å². The molecule has 0 saturated carbocycles. The zero-order valence-electron chi connectivity index (χ0n) is 16.9. The number of aryl methyl sites for hydroxylation is 1. The molecular weight excluding hydrogens is 366 g/mol. The first kappa shape index (κ1) is 20.4. The fourth-order valence-electron chi connectivity index (χ4n) is 3.10. The summed E-state index contributed by atoms with van der Waals surface area (Å²) in [7, 11) is 0. The maximum atomic E-state index is 13.0. The highest BCUT2D eigenvalue weighted by molar-refractivity contribution is 6.08. The van der Waals surface area contributed by atoms with Crippen LogP contribution >= 0.6 is 0 Å². The molecule has 0 unspecified atom stereocenters. The third-order valence-electron chi connectivity index (χ3n) is 4.73. The van der Waals surface area contributed by atoms with Crippen molar-refractivity contribution >= 4 is 17.6 Å². The summed E-state index contributed by atoms with van der Waals surface area (Å²) in [6.07, 6.45) is 2.05. The van der Waals surface area contributed by atoms with Gasteiger partial charge in [-0.1, -0.05) is 39.0 Å². The second-order valence-corrected chi connectivity index (χ2v) is 8.04. The quantitative estimate of drug-likeness (QED) is 0.580. The number of benzene rings is 2. The van der Waals surface area contributed by atoms with E-state index in [4.69, 9.17) is 9.52 Å². The number of rotatable bonds is 6. The van der Waals surface area contributed by atoms with E-state index in [9.17, 15) is 9.59 Å². The summed E-state index contributed by atoms with van der Waals surface area (Å²) in [5.41, 5.74) is 3.79. The second kappa shape index (κ2) is 8.35. The Morgan fingerprint density at radius 2 is 1.83 bits per heavy atom. The molecule has 0 atom stereocenters. The number of carbonyl (C=O) groups is 2. The molecule has 3 aromatic rings. The predicted octanol–water partition coefficient (Wildman–Crippen LogP) is 5.51. The van der Waals surface area contributed by atoms with Crippen molar-refractivity contribution in [3.63, 3.8) is 0 Å². The van der Waals surface area contributed by atoms with Gasteiger partial charge in [0, 0.05) is 17.7 Å². The largest absolute Gasteiger partial charge is 0.481 e. The van der Waals surface area contributed by atoms with Crippen molar-refractivity contribution in [2.45, 2.75) is 39.0 Å². The molecular formula is C24H25NO4. The highest BCUT2D eigenvalue weighted by Crippen LogP contribution is 2.31. The molecule has 0 spiro atoms. The fourth-order valence-corrected chi connectivity index (χ4v) is 3.10. The Balaban J connectivity index is 1.89. The van der Waals surface area contributed by atoms with Crippen LogP contribution in [0.2, 0.25) is 0 Å². The van der Waals surface area contributed by atoms with Gasteiger partial charge in [0.05, 0.1) is 11.8 Å². The number of carbonyl (C=O) groups excluding carboxylic acids is 1. The van der Waals surface area contributed by atoms with E-state index >= 15 is 0 Å². The van der Waals surface area contributed by atoms with Gasteiger partial charge in [-0.25, -0.2) is 0 Å². The van der Waals surface area contributed by atoms with Gasteiger partial charge in [0.15, 0.2) is 0 Å². The minimum absolute atomic E-state index is 0.0499. The van der Waals surface area contributed by atoms with Gasteiger partial charge in [-0.15, -0.1) is 0 Å². The summed E-state index contributed by atoms with van der Waals surface area (Å²) in [5.74, 6) is -0.454. The molecule has 0 aliphatic heterocycles. The molecule has 5 heteroatoms. The van der Waals surface area contributed by atoms with Gasteiger partial charge in [-0.05, 0) is 59.4 Å². The Morgan fingerprint density at radius 1 is 1.03 bits per heavy atom. The average molecular weight is 391 g/mol. The minimum atomic E-state index is -0.846. The lowest BCUT2D eigenvalue weighted by molar-refractivity contribution is -0.136. The van der Waals surface area contributed by atoms with Crippen LogP contribution in [0.4, 0.5) is 5.69 Å². The number of carboxylic acids is 1. The number of hydrogen-bond donors (Lipinski definition) is 2. The van der Waals surface area contributed by atoms with E-state index in [-0.39, 0.29) is 17.7 Å². The van der Waals surface area contributed by atoms with Crippen molar-refractivity contribution in [2.24, 2.45) is 0 Å². The van der Waals surface area contributed by atoms with Gasteiger partial charge < -0.3 is 14.8 Å². The van der Waals surface area contributed by atoms with Crippen LogP contribution in [-0.2, 0) is 16.6 Å². The Labute approximate surface area is 170 Å². The smallest absolute Gasteiger partial charge is 0.303 e. The zero-order valence-corrected chi connectivity index (χ0v) is 16.9. The van der Waals surface area contributed by atoms with Crippen LogP contribution in [0.15, 0.2) is 65.3 Å². The van der Waals surface area contributed by atoms with Crippen LogP contribution in [0.5, 0.6) is 0 Å². The van der Waals surface area contributed by atoms with Crippen molar-refractivity contribution in [3.8, 4) is 11.3 Å². The molecule has 0 saturated heterocycles. The number of anilines is 1. The molecule has 2 aromatic carbocycles. The number of aliphatic carboxylic acids is 1. The maximum absolute atomic E-state index is 13.0. The van der Waals surface area contributed by atoms with Crippen molar-refractivity contribution in [3.05, 3.63) is 77.6 Å². The Morgan fingerprint density at radius 3 is 2.48 bits per heavy atom. The Hall–Kier alpha value is -3.34. The van der Waals surface area contributed by atoms with Crippen LogP contribution < -0.4 is 5.32 Å². The fraction of sp³-hybridized carbons (Fsp3) is 0.250. The number of carboxylic acid groups (broad SMARTS) is 1. The third-order valence-corrected chi connectivity index (χ3v) is 4.73. The van der Waals surface area contributed by atoms with Crippen LogP contribution in [0.3, 0.4) is 0 Å². The van der Waals surface area contributed by atoms with Crippen LogP contribution in [0, 0.1) is 0 Å². The molecule has 1 aromatic heterocycles. The predicted molar refractivity (Wildman–Crippen MR) is 113 cm³/mol. The summed E-state index contributed by atoms with van der Waals surface area (Å²) in [6.45, 7) is 6.36. The zero-order chi connectivity index (χ0) is 21.0. The first-order valence-electron chi connectivity index (χ1n) is 9.54. The maximum Gasteiger partial charge on any atom is 0.303 e. The van der Waals surface area contributed by atoms with E-state index in [2.05, 4.69) is 26.1 Å². The molecule has 150 valence electrons. The summed E-state index contributed by atoms with van der Waals surface area (Å²) in [4.78, 5) is 23.8. The first-order valence-corrected chi connectivity index (χ1v) is 9.54. The van der Waals surface area contributed by atoms with Crippen LogP contribution in [-0.4, -0.2) is 17.0 Å². The molecule has 0 aliphatic rings. The van der Waals surface area contributed by atoms with Crippen molar-refractivity contribution in [1.29, 1.82) is 0 Å². The van der Waals surface area contributed by atoms with Gasteiger partial charge in [-0.2, -0.15) is 0 Å². The topological polar surface area (TPSA) is 79.5 Å². The molecule has 2 N–H and O–H groups in total. The van der Waals surface area contributed by atoms with E-state index in [1.807, 2.05) is 36.4 Å². The Kier molecular flexibility index (Phi) is 5.87. The molecule has 5 nitrogen and oxygen atoms in total. The third kappa shape index (κ3) is 5.13. The van der Waals surface area contributed by atoms with Gasteiger partial charge in [-0.3, -0.25) is 9.59 Å². The van der Waals surface area contributed by atoms with Gasteiger partial charge in [0.1, 0.15) is 5.76 Å². The monoisotopic (exact) mass is 391 g/mol. The Bertz CT molecular complexity index is 1010. The van der Waals surface area contributed by atoms with E-state index in [1.165, 1.54) is 0 Å². The lowest BCUT2D eigenvalue weighted by Gasteiger charge is -2.21. The normalized spacial score (nSPS) is 11.3. The average Bonchev–Trinajstić information content (AvgIpc) is 3.20. The van der Waals surface area contributed by atoms with E-state index in [1.54, 1.807) is 24.5 Å². The summed E-state index contributed by atoms with van der Waals surface area (Å²) in [6, 6.07) is 16.7. The van der Waals surface area contributed by atoms with Crippen LogP contribution in [0.1, 0.15) is 48.7 Å². The molecule has 0 radical (unpaired) electrons. The van der Waals surface area contributed by atoms with E-state index < -0.39 is 5.97 Å². The standard InChI is InChI=1S/C24H25NO4/c1-24(2,3)17-10-11-19(20(15-17)21-8-5-13-29-21)23(28)25-18-7-4-6-16(14-18)9-12-22(26)27/h4-8,10-11,13-15H,9,12H2,1-3H3,(H,25,28)(H,26,27). The molecule has 0 bridgehead atoms. The van der Waals surface area contributed by atoms with E-state index in [0.717, 1.165) is 16.7 Å². The molecule has 1 amide bonds. The SMILES string of the molecule is CC(C)(C)c1ccc(C(=O)Nc2cccc(CCC(=O)O)c2)c(-c2ccco2)c1. The highest BCUT2D eigenvalue weighted by atomic mass is 16.4. The summed E-state index contributed by atoms with van der Waals surface area (Å²) >= 11 is 0. The minimum Gasteiger partial charge on any atom is -0.481 e. The molecule has 1 heterocycles. The molecule has 0 aliphatic carbocycles. The van der Waals surface area contributed by atoms with Gasteiger partial charge in [0.2, 0.25) is 0 Å². The lowest BCUT2D eigenvalue weighted by atomic mass is 9.84. The first-order chi connectivity index (χ1) is 13.7. The van der Waals surface area contributed by atoms with Crippen molar-refractivity contribution in [1.82, 2.24) is 0 Å². The highest BCUT2D eigenvalue weighted by Gasteiger charge is 2.20. The van der Waals surface area contributed by atoms with Gasteiger partial charge >= 0.3 is 5.97 Å². The van der Waals surface area contributed by atoms with Crippen LogP contribution in [0.25, 0.3) is 11.3 Å². The molecule has 29 heavy (non-hydrogen) atoms. The number of amides is 1. The molecule has 3 rings (SSSR count). The van der Waals surface area contributed by atoms with E-state index in [0.29, 0.717) is 23.4 Å². The lowest BCUT2D eigenvalue weighted by Crippen LogP contribution is -2.16.